The number of pyridine rings is 1. The molecule has 1 fully saturated rings. The summed E-state index contributed by atoms with van der Waals surface area (Å²) in [5, 5.41) is 1.14. The monoisotopic (exact) mass is 272 g/mol. The molecule has 0 atom stereocenters. The van der Waals surface area contributed by atoms with Crippen LogP contribution in [-0.4, -0.2) is 30.3 Å². The fourth-order valence-corrected chi connectivity index (χ4v) is 2.67. The molecule has 0 spiro atoms. The van der Waals surface area contributed by atoms with Crippen molar-refractivity contribution in [3.05, 3.63) is 42.1 Å². The molecule has 0 aliphatic carbocycles. The summed E-state index contributed by atoms with van der Waals surface area (Å²) in [6.45, 7) is 2.54. The van der Waals surface area contributed by atoms with Crippen LogP contribution in [-0.2, 0) is 16.1 Å². The fourth-order valence-electron chi connectivity index (χ4n) is 2.67. The number of para-hydroxylation sites is 1. The van der Waals surface area contributed by atoms with Crippen LogP contribution >= 0.6 is 0 Å². The van der Waals surface area contributed by atoms with Crippen molar-refractivity contribution in [1.29, 1.82) is 0 Å². The molecule has 20 heavy (non-hydrogen) atoms. The molecular formula is C16H20N2O2. The SMILES string of the molecule is NCC1(OCc2cccc3cccnc23)CCOCC1. The lowest BCUT2D eigenvalue weighted by Crippen LogP contribution is -2.45. The molecule has 4 heteroatoms. The molecule has 106 valence electrons. The van der Waals surface area contributed by atoms with Gasteiger partial charge >= 0.3 is 0 Å². The molecule has 3 rings (SSSR count). The highest BCUT2D eigenvalue weighted by atomic mass is 16.5. The zero-order valence-electron chi connectivity index (χ0n) is 11.5. The van der Waals surface area contributed by atoms with Gasteiger partial charge in [0.2, 0.25) is 0 Å². The van der Waals surface area contributed by atoms with Crippen LogP contribution in [0.2, 0.25) is 0 Å². The van der Waals surface area contributed by atoms with Gasteiger partial charge in [-0.3, -0.25) is 4.98 Å². The van der Waals surface area contributed by atoms with Gasteiger partial charge in [0, 0.05) is 49.7 Å². The lowest BCUT2D eigenvalue weighted by Gasteiger charge is -2.36. The highest BCUT2D eigenvalue weighted by Crippen LogP contribution is 2.26. The van der Waals surface area contributed by atoms with Crippen molar-refractivity contribution in [1.82, 2.24) is 4.98 Å². The summed E-state index contributed by atoms with van der Waals surface area (Å²) in [5.41, 5.74) is 7.80. The first kappa shape index (κ1) is 13.5. The molecule has 1 aromatic heterocycles. The third-order valence-corrected chi connectivity index (χ3v) is 4.03. The van der Waals surface area contributed by atoms with Crippen LogP contribution in [0, 0.1) is 0 Å². The fraction of sp³-hybridized carbons (Fsp3) is 0.438. The second-order valence-electron chi connectivity index (χ2n) is 5.28. The Morgan fingerprint density at radius 2 is 2.00 bits per heavy atom. The highest BCUT2D eigenvalue weighted by Gasteiger charge is 2.32. The minimum absolute atomic E-state index is 0.241. The number of rotatable bonds is 4. The van der Waals surface area contributed by atoms with Gasteiger partial charge in [-0.1, -0.05) is 24.3 Å². The van der Waals surface area contributed by atoms with Crippen LogP contribution in [0.25, 0.3) is 10.9 Å². The number of ether oxygens (including phenoxy) is 2. The van der Waals surface area contributed by atoms with Gasteiger partial charge in [0.15, 0.2) is 0 Å². The molecule has 0 saturated carbocycles. The molecule has 1 aromatic carbocycles. The molecule has 2 aromatic rings. The standard InChI is InChI=1S/C16H20N2O2/c17-12-16(6-9-19-10-7-16)20-11-14-4-1-3-13-5-2-8-18-15(13)14/h1-5,8H,6-7,9-12,17H2. The maximum absolute atomic E-state index is 6.17. The third kappa shape index (κ3) is 2.68. The summed E-state index contributed by atoms with van der Waals surface area (Å²) in [4.78, 5) is 4.46. The molecule has 4 nitrogen and oxygen atoms in total. The first-order valence-electron chi connectivity index (χ1n) is 7.07. The average molecular weight is 272 g/mol. The van der Waals surface area contributed by atoms with E-state index in [1.54, 1.807) is 0 Å². The van der Waals surface area contributed by atoms with Crippen molar-refractivity contribution >= 4 is 10.9 Å². The number of fused-ring (bicyclic) bond motifs is 1. The third-order valence-electron chi connectivity index (χ3n) is 4.03. The molecule has 1 aliphatic rings. The first-order valence-corrected chi connectivity index (χ1v) is 7.07. The number of aromatic nitrogens is 1. The second-order valence-corrected chi connectivity index (χ2v) is 5.28. The van der Waals surface area contributed by atoms with Crippen molar-refractivity contribution in [2.45, 2.75) is 25.0 Å². The Labute approximate surface area is 118 Å². The minimum Gasteiger partial charge on any atom is -0.381 e. The Bertz CT molecular complexity index is 574. The van der Waals surface area contributed by atoms with E-state index < -0.39 is 0 Å². The van der Waals surface area contributed by atoms with Gasteiger partial charge in [-0.05, 0) is 6.07 Å². The Morgan fingerprint density at radius 3 is 2.80 bits per heavy atom. The number of nitrogens with two attached hydrogens (primary N) is 1. The molecule has 1 aliphatic heterocycles. The summed E-state index contributed by atoms with van der Waals surface area (Å²) >= 11 is 0. The molecule has 0 unspecified atom stereocenters. The highest BCUT2D eigenvalue weighted by molar-refractivity contribution is 5.81. The lowest BCUT2D eigenvalue weighted by molar-refractivity contribution is -0.112. The summed E-state index contributed by atoms with van der Waals surface area (Å²) in [6, 6.07) is 10.2. The molecule has 0 bridgehead atoms. The Kier molecular flexibility index (Phi) is 3.96. The van der Waals surface area contributed by atoms with E-state index in [0.29, 0.717) is 13.2 Å². The van der Waals surface area contributed by atoms with Crippen molar-refractivity contribution < 1.29 is 9.47 Å². The largest absolute Gasteiger partial charge is 0.381 e. The van der Waals surface area contributed by atoms with Gasteiger partial charge in [-0.15, -0.1) is 0 Å². The first-order chi connectivity index (χ1) is 9.83. The summed E-state index contributed by atoms with van der Waals surface area (Å²) in [5.74, 6) is 0. The summed E-state index contributed by atoms with van der Waals surface area (Å²) in [6.07, 6.45) is 3.54. The topological polar surface area (TPSA) is 57.4 Å². The zero-order chi connectivity index (χ0) is 13.8. The lowest BCUT2D eigenvalue weighted by atomic mass is 9.94. The van der Waals surface area contributed by atoms with Crippen molar-refractivity contribution in [3.8, 4) is 0 Å². The average Bonchev–Trinajstić information content (AvgIpc) is 2.54. The molecule has 2 N–H and O–H groups in total. The van der Waals surface area contributed by atoms with Crippen LogP contribution in [0.3, 0.4) is 0 Å². The van der Waals surface area contributed by atoms with Crippen LogP contribution in [0.4, 0.5) is 0 Å². The predicted molar refractivity (Wildman–Crippen MR) is 78.4 cm³/mol. The minimum atomic E-state index is -0.241. The van der Waals surface area contributed by atoms with E-state index in [1.165, 1.54) is 0 Å². The maximum atomic E-state index is 6.17. The molecule has 2 heterocycles. The normalized spacial score (nSPS) is 18.2. The molecule has 1 saturated heterocycles. The van der Waals surface area contributed by atoms with Gasteiger partial charge in [0.1, 0.15) is 0 Å². The zero-order valence-corrected chi connectivity index (χ0v) is 11.5. The number of hydrogen-bond donors (Lipinski definition) is 1. The molecule has 0 radical (unpaired) electrons. The van der Waals surface area contributed by atoms with E-state index >= 15 is 0 Å². The van der Waals surface area contributed by atoms with Gasteiger partial charge in [0.25, 0.3) is 0 Å². The Hall–Kier alpha value is -1.49. The van der Waals surface area contributed by atoms with Crippen molar-refractivity contribution in [3.63, 3.8) is 0 Å². The number of benzene rings is 1. The van der Waals surface area contributed by atoms with E-state index in [0.717, 1.165) is 42.5 Å². The maximum Gasteiger partial charge on any atom is 0.0852 e. The van der Waals surface area contributed by atoms with Gasteiger partial charge in [-0.25, -0.2) is 0 Å². The van der Waals surface area contributed by atoms with Crippen molar-refractivity contribution in [2.24, 2.45) is 5.73 Å². The van der Waals surface area contributed by atoms with Crippen LogP contribution in [0.15, 0.2) is 36.5 Å². The smallest absolute Gasteiger partial charge is 0.0852 e. The van der Waals surface area contributed by atoms with E-state index in [9.17, 15) is 0 Å². The van der Waals surface area contributed by atoms with Gasteiger partial charge in [-0.2, -0.15) is 0 Å². The van der Waals surface area contributed by atoms with E-state index in [1.807, 2.05) is 18.3 Å². The summed E-state index contributed by atoms with van der Waals surface area (Å²) < 4.78 is 11.6. The van der Waals surface area contributed by atoms with Crippen LogP contribution < -0.4 is 5.73 Å². The Morgan fingerprint density at radius 1 is 1.20 bits per heavy atom. The quantitative estimate of drug-likeness (QED) is 0.927. The van der Waals surface area contributed by atoms with Crippen LogP contribution in [0.5, 0.6) is 0 Å². The number of hydrogen-bond acceptors (Lipinski definition) is 4. The van der Waals surface area contributed by atoms with Crippen LogP contribution in [0.1, 0.15) is 18.4 Å². The second kappa shape index (κ2) is 5.87. The van der Waals surface area contributed by atoms with Crippen molar-refractivity contribution in [2.75, 3.05) is 19.8 Å². The molecular weight excluding hydrogens is 252 g/mol. The predicted octanol–water partition coefficient (Wildman–Crippen LogP) is 2.26. The molecule has 0 amide bonds. The van der Waals surface area contributed by atoms with E-state index in [2.05, 4.69) is 23.2 Å². The van der Waals surface area contributed by atoms with E-state index in [4.69, 9.17) is 15.2 Å². The summed E-state index contributed by atoms with van der Waals surface area (Å²) in [7, 11) is 0. The van der Waals surface area contributed by atoms with Gasteiger partial charge in [0.05, 0.1) is 17.7 Å². The Balaban J connectivity index is 1.79. The van der Waals surface area contributed by atoms with Gasteiger partial charge < -0.3 is 15.2 Å². The van der Waals surface area contributed by atoms with E-state index in [-0.39, 0.29) is 5.60 Å². The number of nitrogens with zero attached hydrogens (tertiary/aromatic N) is 1.